The summed E-state index contributed by atoms with van der Waals surface area (Å²) in [6.45, 7) is 0. The number of aromatic nitrogens is 1. The molecule has 0 saturated carbocycles. The third-order valence-corrected chi connectivity index (χ3v) is 5.80. The molecule has 1 heterocycles. The number of carbonyl (C=O) groups excluding carboxylic acids is 1. The van der Waals surface area contributed by atoms with E-state index in [1.165, 1.54) is 23.5 Å². The summed E-state index contributed by atoms with van der Waals surface area (Å²) in [5, 5.41) is 14.7. The molecule has 0 bridgehead atoms. The van der Waals surface area contributed by atoms with Gasteiger partial charge in [0.15, 0.2) is 0 Å². The molecule has 4 rings (SSSR count). The summed E-state index contributed by atoms with van der Waals surface area (Å²) in [6.07, 6.45) is 3.00. The Labute approximate surface area is 181 Å². The molecule has 4 aromatic rings. The Morgan fingerprint density at radius 3 is 2.69 bits per heavy atom. The van der Waals surface area contributed by atoms with Gasteiger partial charge in [0.2, 0.25) is 5.91 Å². The molecule has 1 aromatic heterocycles. The predicted octanol–water partition coefficient (Wildman–Crippen LogP) is 6.63. The Morgan fingerprint density at radius 1 is 1.07 bits per heavy atom. The molecule has 0 saturated heterocycles. The molecular formula is C22H14Cl2N2O2S. The van der Waals surface area contributed by atoms with Gasteiger partial charge in [0.05, 0.1) is 15.8 Å². The molecule has 0 aliphatic rings. The number of halogens is 2. The normalized spacial score (nSPS) is 11.2. The van der Waals surface area contributed by atoms with E-state index in [9.17, 15) is 9.90 Å². The Balaban J connectivity index is 1.55. The van der Waals surface area contributed by atoms with Gasteiger partial charge in [-0.15, -0.1) is 11.3 Å². The Kier molecular flexibility index (Phi) is 5.53. The van der Waals surface area contributed by atoms with E-state index < -0.39 is 0 Å². The summed E-state index contributed by atoms with van der Waals surface area (Å²) in [7, 11) is 0. The molecule has 0 fully saturated rings. The van der Waals surface area contributed by atoms with Crippen LogP contribution in [-0.4, -0.2) is 16.0 Å². The van der Waals surface area contributed by atoms with E-state index in [4.69, 9.17) is 23.2 Å². The molecule has 0 atom stereocenters. The van der Waals surface area contributed by atoms with E-state index in [-0.39, 0.29) is 11.7 Å². The smallest absolute Gasteiger partial charge is 0.248 e. The number of thiazole rings is 1. The van der Waals surface area contributed by atoms with Gasteiger partial charge in [-0.2, -0.15) is 0 Å². The number of hydrogen-bond donors (Lipinski definition) is 2. The first-order chi connectivity index (χ1) is 14.0. The second kappa shape index (κ2) is 8.25. The molecule has 144 valence electrons. The minimum Gasteiger partial charge on any atom is -0.507 e. The topological polar surface area (TPSA) is 62.2 Å². The van der Waals surface area contributed by atoms with E-state index >= 15 is 0 Å². The van der Waals surface area contributed by atoms with Gasteiger partial charge in [0.25, 0.3) is 0 Å². The number of hydrogen-bond acceptors (Lipinski definition) is 4. The van der Waals surface area contributed by atoms with Crippen molar-refractivity contribution in [1.29, 1.82) is 0 Å². The first-order valence-electron chi connectivity index (χ1n) is 8.63. The number of fused-ring (bicyclic) bond motifs is 1. The number of anilines is 1. The minimum atomic E-state index is -0.322. The van der Waals surface area contributed by atoms with Crippen molar-refractivity contribution < 1.29 is 9.90 Å². The largest absolute Gasteiger partial charge is 0.507 e. The highest BCUT2D eigenvalue weighted by atomic mass is 35.5. The lowest BCUT2D eigenvalue weighted by Crippen LogP contribution is -2.07. The van der Waals surface area contributed by atoms with Gasteiger partial charge in [0, 0.05) is 21.8 Å². The molecule has 0 spiro atoms. The van der Waals surface area contributed by atoms with Gasteiger partial charge in [-0.1, -0.05) is 41.4 Å². The maximum Gasteiger partial charge on any atom is 0.248 e. The molecule has 4 nitrogen and oxygen atoms in total. The summed E-state index contributed by atoms with van der Waals surface area (Å²) >= 11 is 13.5. The summed E-state index contributed by atoms with van der Waals surface area (Å²) in [5.74, 6) is -0.220. The standard InChI is InChI=1S/C22H14Cl2N2O2S/c23-14-7-5-13(17(24)11-14)6-10-21(28)25-15-8-9-19(27)16(12-15)22-26-18-3-1-2-4-20(18)29-22/h1-12,27H,(H,25,28)/b10-6+. The van der Waals surface area contributed by atoms with E-state index in [1.807, 2.05) is 24.3 Å². The van der Waals surface area contributed by atoms with Crippen LogP contribution in [0, 0.1) is 0 Å². The Bertz CT molecular complexity index is 1220. The van der Waals surface area contributed by atoms with Gasteiger partial charge < -0.3 is 10.4 Å². The van der Waals surface area contributed by atoms with E-state index in [0.717, 1.165) is 10.2 Å². The third kappa shape index (κ3) is 4.43. The van der Waals surface area contributed by atoms with Crippen molar-refractivity contribution in [3.05, 3.63) is 82.3 Å². The molecule has 0 radical (unpaired) electrons. The highest BCUT2D eigenvalue weighted by molar-refractivity contribution is 7.21. The zero-order valence-corrected chi connectivity index (χ0v) is 17.2. The number of phenols is 1. The predicted molar refractivity (Wildman–Crippen MR) is 121 cm³/mol. The van der Waals surface area contributed by atoms with Crippen LogP contribution in [0.3, 0.4) is 0 Å². The number of nitrogens with one attached hydrogen (secondary N) is 1. The highest BCUT2D eigenvalue weighted by Crippen LogP contribution is 2.36. The molecule has 2 N–H and O–H groups in total. The van der Waals surface area contributed by atoms with Crippen molar-refractivity contribution in [3.8, 4) is 16.3 Å². The SMILES string of the molecule is O=C(/C=C/c1ccc(Cl)cc1Cl)Nc1ccc(O)c(-c2nc3ccccc3s2)c1. The lowest BCUT2D eigenvalue weighted by Gasteiger charge is -2.06. The van der Waals surface area contributed by atoms with Crippen LogP contribution in [0.15, 0.2) is 66.7 Å². The zero-order chi connectivity index (χ0) is 20.4. The highest BCUT2D eigenvalue weighted by Gasteiger charge is 2.12. The second-order valence-corrected chi connectivity index (χ2v) is 8.08. The molecular weight excluding hydrogens is 427 g/mol. The number of phenolic OH excluding ortho intramolecular Hbond substituents is 1. The van der Waals surface area contributed by atoms with Gasteiger partial charge in [0.1, 0.15) is 10.8 Å². The van der Waals surface area contributed by atoms with Crippen LogP contribution in [0.25, 0.3) is 26.9 Å². The number of nitrogens with zero attached hydrogens (tertiary/aromatic N) is 1. The maximum atomic E-state index is 12.3. The van der Waals surface area contributed by atoms with Crippen molar-refractivity contribution in [2.24, 2.45) is 0 Å². The summed E-state index contributed by atoms with van der Waals surface area (Å²) < 4.78 is 1.03. The van der Waals surface area contributed by atoms with E-state index in [1.54, 1.807) is 36.4 Å². The van der Waals surface area contributed by atoms with Crippen LogP contribution >= 0.6 is 34.5 Å². The van der Waals surface area contributed by atoms with Crippen molar-refractivity contribution in [3.63, 3.8) is 0 Å². The second-order valence-electron chi connectivity index (χ2n) is 6.21. The number of amides is 1. The van der Waals surface area contributed by atoms with Crippen molar-refractivity contribution in [2.75, 3.05) is 5.32 Å². The summed E-state index contributed by atoms with van der Waals surface area (Å²) in [4.78, 5) is 16.9. The lowest BCUT2D eigenvalue weighted by atomic mass is 10.1. The molecule has 7 heteroatoms. The molecule has 0 unspecified atom stereocenters. The molecule has 3 aromatic carbocycles. The van der Waals surface area contributed by atoms with Crippen molar-refractivity contribution in [2.45, 2.75) is 0 Å². The van der Waals surface area contributed by atoms with Crippen molar-refractivity contribution in [1.82, 2.24) is 4.98 Å². The van der Waals surface area contributed by atoms with Gasteiger partial charge in [-0.05, 0) is 54.1 Å². The fourth-order valence-corrected chi connectivity index (χ4v) is 4.22. The van der Waals surface area contributed by atoms with Crippen LogP contribution in [0.1, 0.15) is 5.56 Å². The van der Waals surface area contributed by atoms with Crippen LogP contribution < -0.4 is 5.32 Å². The van der Waals surface area contributed by atoms with Gasteiger partial charge in [-0.3, -0.25) is 4.79 Å². The first kappa shape index (κ1) is 19.5. The first-order valence-corrected chi connectivity index (χ1v) is 10.2. The van der Waals surface area contributed by atoms with Gasteiger partial charge in [-0.25, -0.2) is 4.98 Å². The average molecular weight is 441 g/mol. The molecule has 0 aliphatic heterocycles. The van der Waals surface area contributed by atoms with E-state index in [0.29, 0.717) is 31.9 Å². The molecule has 1 amide bonds. The zero-order valence-electron chi connectivity index (χ0n) is 14.9. The number of para-hydroxylation sites is 1. The minimum absolute atomic E-state index is 0.102. The Hall–Kier alpha value is -2.86. The van der Waals surface area contributed by atoms with Crippen LogP contribution in [0.5, 0.6) is 5.75 Å². The number of aromatic hydroxyl groups is 1. The monoisotopic (exact) mass is 440 g/mol. The summed E-state index contributed by atoms with van der Waals surface area (Å²) in [5.41, 5.74) is 2.67. The lowest BCUT2D eigenvalue weighted by molar-refractivity contribution is -0.111. The third-order valence-electron chi connectivity index (χ3n) is 4.17. The van der Waals surface area contributed by atoms with Crippen molar-refractivity contribution >= 4 is 62.4 Å². The molecule has 29 heavy (non-hydrogen) atoms. The average Bonchev–Trinajstić information content (AvgIpc) is 3.13. The van der Waals surface area contributed by atoms with E-state index in [2.05, 4.69) is 10.3 Å². The summed E-state index contributed by atoms with van der Waals surface area (Å²) in [6, 6.07) is 17.7. The number of benzene rings is 3. The quantitative estimate of drug-likeness (QED) is 0.276. The number of carbonyl (C=O) groups is 1. The Morgan fingerprint density at radius 2 is 1.90 bits per heavy atom. The number of rotatable bonds is 4. The molecule has 0 aliphatic carbocycles. The maximum absolute atomic E-state index is 12.3. The van der Waals surface area contributed by atoms with Gasteiger partial charge >= 0.3 is 0 Å². The fourth-order valence-electron chi connectivity index (χ4n) is 2.76. The van der Waals surface area contributed by atoms with Crippen LogP contribution in [0.2, 0.25) is 10.0 Å². The fraction of sp³-hybridized carbons (Fsp3) is 0. The van der Waals surface area contributed by atoms with Crippen LogP contribution in [-0.2, 0) is 4.79 Å². The van der Waals surface area contributed by atoms with Crippen LogP contribution in [0.4, 0.5) is 5.69 Å².